The second-order valence-corrected chi connectivity index (χ2v) is 7.56. The molecule has 5 atom stereocenters. The monoisotopic (exact) mass is 446 g/mol. The zero-order chi connectivity index (χ0) is 19.0. The molecule has 1 aromatic rings. The van der Waals surface area contributed by atoms with Crippen LogP contribution in [0.5, 0.6) is 0 Å². The molecule has 0 aromatic carbocycles. The fourth-order valence-corrected chi connectivity index (χ4v) is 3.17. The van der Waals surface area contributed by atoms with Gasteiger partial charge in [0.15, 0.2) is 0 Å². The van der Waals surface area contributed by atoms with E-state index in [0.29, 0.717) is 0 Å². The van der Waals surface area contributed by atoms with Crippen molar-refractivity contribution in [3.63, 3.8) is 0 Å². The molecule has 1 fully saturated rings. The summed E-state index contributed by atoms with van der Waals surface area (Å²) >= 11 is 0. The summed E-state index contributed by atoms with van der Waals surface area (Å²) < 4.78 is 36.4. The SMILES string of the molecule is Cc1cn([C@H]2CC(OP(=O)([O-])O)[C@@H](COP(=O)([O-])O)O2)c(=O)[nH]c1=O.[Na+].[Na+]. The molecule has 1 aliphatic rings. The minimum atomic E-state index is -5.20. The number of hydrogen-bond donors (Lipinski definition) is 3. The predicted octanol–water partition coefficient (Wildman–Crippen LogP) is -8.54. The topological polar surface area (TPSA) is 203 Å². The summed E-state index contributed by atoms with van der Waals surface area (Å²) in [4.78, 5) is 64.3. The van der Waals surface area contributed by atoms with Crippen molar-refractivity contribution in [1.29, 1.82) is 0 Å². The molecule has 142 valence electrons. The van der Waals surface area contributed by atoms with E-state index in [-0.39, 0.29) is 71.1 Å². The maximum absolute atomic E-state index is 11.8. The third-order valence-electron chi connectivity index (χ3n) is 3.31. The molecule has 2 rings (SSSR count). The van der Waals surface area contributed by atoms with Crippen molar-refractivity contribution in [2.45, 2.75) is 31.8 Å². The van der Waals surface area contributed by atoms with Crippen LogP contribution >= 0.6 is 15.6 Å². The van der Waals surface area contributed by atoms with Crippen molar-refractivity contribution < 1.29 is 102 Å². The van der Waals surface area contributed by atoms with Gasteiger partial charge in [0, 0.05) is 18.2 Å². The number of aromatic nitrogens is 2. The molecule has 0 radical (unpaired) electrons. The van der Waals surface area contributed by atoms with Gasteiger partial charge in [-0.25, -0.2) is 4.79 Å². The molecule has 0 amide bonds. The number of H-pyrrole nitrogens is 1. The van der Waals surface area contributed by atoms with Crippen LogP contribution in [0.2, 0.25) is 0 Å². The van der Waals surface area contributed by atoms with Crippen LogP contribution in [0.3, 0.4) is 0 Å². The maximum Gasteiger partial charge on any atom is 1.00 e. The van der Waals surface area contributed by atoms with E-state index in [4.69, 9.17) is 14.5 Å². The number of aromatic amines is 1. The first-order valence-electron chi connectivity index (χ1n) is 6.74. The molecule has 3 N–H and O–H groups in total. The number of hydrogen-bond acceptors (Lipinski definition) is 9. The Kier molecular flexibility index (Phi) is 11.1. The Balaban J connectivity index is 0.00000338. The summed E-state index contributed by atoms with van der Waals surface area (Å²) in [6, 6.07) is 0. The van der Waals surface area contributed by atoms with E-state index in [0.717, 1.165) is 10.8 Å². The van der Waals surface area contributed by atoms with Crippen molar-refractivity contribution in [2.24, 2.45) is 0 Å². The minimum Gasteiger partial charge on any atom is -0.756 e. The zero-order valence-electron chi connectivity index (χ0n) is 14.6. The fourth-order valence-electron chi connectivity index (χ4n) is 2.27. The third-order valence-corrected chi connectivity index (χ3v) is 4.32. The molecule has 3 unspecified atom stereocenters. The average molecular weight is 446 g/mol. The van der Waals surface area contributed by atoms with Gasteiger partial charge in [-0.15, -0.1) is 0 Å². The fraction of sp³-hybridized carbons (Fsp3) is 0.600. The van der Waals surface area contributed by atoms with Crippen molar-refractivity contribution in [2.75, 3.05) is 6.61 Å². The Morgan fingerprint density at radius 1 is 1.30 bits per heavy atom. The Hall–Kier alpha value is 0.860. The number of aryl methyl sites for hydroxylation is 1. The Labute approximate surface area is 196 Å². The molecule has 27 heavy (non-hydrogen) atoms. The van der Waals surface area contributed by atoms with Gasteiger partial charge in [0.25, 0.3) is 21.2 Å². The van der Waals surface area contributed by atoms with E-state index < -0.39 is 51.9 Å². The summed E-state index contributed by atoms with van der Waals surface area (Å²) in [7, 11) is -10.3. The maximum atomic E-state index is 11.8. The van der Waals surface area contributed by atoms with Crippen LogP contribution in [0.15, 0.2) is 15.8 Å². The number of phosphoric acid groups is 2. The molecule has 13 nitrogen and oxygen atoms in total. The van der Waals surface area contributed by atoms with Gasteiger partial charge in [-0.1, -0.05) is 0 Å². The van der Waals surface area contributed by atoms with Gasteiger partial charge >= 0.3 is 64.8 Å². The Morgan fingerprint density at radius 2 is 1.89 bits per heavy atom. The summed E-state index contributed by atoms with van der Waals surface area (Å²) in [6.45, 7) is 0.590. The number of nitrogens with one attached hydrogen (secondary N) is 1. The smallest absolute Gasteiger partial charge is 0.756 e. The van der Waals surface area contributed by atoms with E-state index in [1.807, 2.05) is 4.98 Å². The van der Waals surface area contributed by atoms with Gasteiger partial charge in [-0.2, -0.15) is 0 Å². The molecule has 2 heterocycles. The molecular weight excluding hydrogens is 432 g/mol. The number of phosphoric ester groups is 2. The van der Waals surface area contributed by atoms with Gasteiger partial charge in [0.1, 0.15) is 12.3 Å². The van der Waals surface area contributed by atoms with E-state index in [1.54, 1.807) is 0 Å². The van der Waals surface area contributed by atoms with E-state index in [9.17, 15) is 28.5 Å². The number of ether oxygens (including phenoxy) is 1. The molecular formula is C10H14N2Na2O11P2. The number of rotatable bonds is 6. The number of nitrogens with zero attached hydrogens (tertiary/aromatic N) is 1. The van der Waals surface area contributed by atoms with Crippen LogP contribution in [0, 0.1) is 6.92 Å². The molecule has 1 aliphatic heterocycles. The van der Waals surface area contributed by atoms with E-state index >= 15 is 0 Å². The molecule has 1 saturated heterocycles. The van der Waals surface area contributed by atoms with Crippen LogP contribution in [0.4, 0.5) is 0 Å². The molecule has 0 spiro atoms. The quantitative estimate of drug-likeness (QED) is 0.277. The van der Waals surface area contributed by atoms with Crippen LogP contribution in [-0.2, 0) is 22.9 Å². The van der Waals surface area contributed by atoms with Crippen LogP contribution < -0.4 is 80.2 Å². The van der Waals surface area contributed by atoms with Gasteiger partial charge in [-0.3, -0.25) is 23.5 Å². The largest absolute Gasteiger partial charge is 1.00 e. The van der Waals surface area contributed by atoms with Crippen LogP contribution in [-0.4, -0.2) is 38.2 Å². The van der Waals surface area contributed by atoms with Crippen molar-refractivity contribution in [1.82, 2.24) is 9.55 Å². The standard InChI is InChI=1S/C10H16N2O11P2.2Na/c1-5-3-12(10(14)11-9(5)13)8-2-6(23-25(18,19)20)7(22-8)4-21-24(15,16)17;;/h3,6-8H,2,4H2,1H3,(H,11,13,14)(H2,15,16,17)(H2,18,19,20);;/q;2*+1/p-2/t6?,7-,8-;;/m1../s1. The molecule has 1 aromatic heterocycles. The molecule has 0 bridgehead atoms. The second-order valence-electron chi connectivity index (χ2n) is 5.22. The van der Waals surface area contributed by atoms with Gasteiger partial charge in [0.2, 0.25) is 0 Å². The van der Waals surface area contributed by atoms with Gasteiger partial charge in [-0.05, 0) is 6.92 Å². The molecule has 17 heteroatoms. The summed E-state index contributed by atoms with van der Waals surface area (Å²) in [5.74, 6) is 0. The summed E-state index contributed by atoms with van der Waals surface area (Å²) in [6.07, 6.45) is -3.03. The first kappa shape index (κ1) is 27.9. The summed E-state index contributed by atoms with van der Waals surface area (Å²) in [5, 5.41) is 0. The van der Waals surface area contributed by atoms with Crippen LogP contribution in [0.1, 0.15) is 18.2 Å². The molecule has 0 saturated carbocycles. The zero-order valence-corrected chi connectivity index (χ0v) is 20.4. The first-order chi connectivity index (χ1) is 11.4. The van der Waals surface area contributed by atoms with Crippen molar-refractivity contribution >= 4 is 15.6 Å². The second kappa shape index (κ2) is 10.8. The average Bonchev–Trinajstić information content (AvgIpc) is 2.80. The minimum absolute atomic E-state index is 0. The van der Waals surface area contributed by atoms with Crippen LogP contribution in [0.25, 0.3) is 0 Å². The van der Waals surface area contributed by atoms with Crippen molar-refractivity contribution in [3.8, 4) is 0 Å². The summed E-state index contributed by atoms with van der Waals surface area (Å²) in [5.41, 5.74) is -1.32. The normalized spacial score (nSPS) is 26.3. The third kappa shape index (κ3) is 8.63. The molecule has 0 aliphatic carbocycles. The Bertz CT molecular complexity index is 846. The predicted molar refractivity (Wildman–Crippen MR) is 75.1 cm³/mol. The van der Waals surface area contributed by atoms with Gasteiger partial charge in [0.05, 0.1) is 12.7 Å². The van der Waals surface area contributed by atoms with Gasteiger partial charge < -0.3 is 33.4 Å². The first-order valence-corrected chi connectivity index (χ1v) is 9.73. The van der Waals surface area contributed by atoms with E-state index in [1.165, 1.54) is 6.92 Å². The Morgan fingerprint density at radius 3 is 2.41 bits per heavy atom. The van der Waals surface area contributed by atoms with E-state index in [2.05, 4.69) is 9.05 Å². The van der Waals surface area contributed by atoms with Crippen molar-refractivity contribution in [3.05, 3.63) is 32.6 Å².